The number of carbonyl (C=O) groups excluding carboxylic acids is 1. The number of aromatic nitrogens is 3. The normalized spacial score (nSPS) is 15.6. The molecule has 4 aromatic rings. The number of benzene rings is 2. The van der Waals surface area contributed by atoms with Gasteiger partial charge in [0, 0.05) is 37.1 Å². The molecule has 178 valence electrons. The molecule has 1 atom stereocenters. The van der Waals surface area contributed by atoms with Crippen LogP contribution in [0.25, 0.3) is 0 Å². The molecule has 0 bridgehead atoms. The Morgan fingerprint density at radius 3 is 2.71 bits per heavy atom. The molecule has 2 aromatic heterocycles. The minimum atomic E-state index is -0.332. The highest BCUT2D eigenvalue weighted by molar-refractivity contribution is 5.94. The Morgan fingerprint density at radius 1 is 1.09 bits per heavy atom. The topological polar surface area (TPSA) is 78.7 Å². The van der Waals surface area contributed by atoms with Gasteiger partial charge in [-0.2, -0.15) is 0 Å². The quantitative estimate of drug-likeness (QED) is 0.400. The summed E-state index contributed by atoms with van der Waals surface area (Å²) in [7, 11) is 1.62. The molecule has 5 rings (SSSR count). The summed E-state index contributed by atoms with van der Waals surface area (Å²) in [5.41, 5.74) is 2.43. The van der Waals surface area contributed by atoms with Crippen molar-refractivity contribution in [3.05, 3.63) is 102 Å². The van der Waals surface area contributed by atoms with Crippen LogP contribution < -0.4 is 9.47 Å². The van der Waals surface area contributed by atoms with E-state index in [1.54, 1.807) is 25.7 Å². The summed E-state index contributed by atoms with van der Waals surface area (Å²) in [5, 5.41) is 0. The second-order valence-electron chi connectivity index (χ2n) is 8.22. The minimum absolute atomic E-state index is 0.0172. The molecule has 8 nitrogen and oxygen atoms in total. The third kappa shape index (κ3) is 5.50. The Bertz CT molecular complexity index is 1270. The highest BCUT2D eigenvalue weighted by Gasteiger charge is 2.27. The predicted molar refractivity (Wildman–Crippen MR) is 130 cm³/mol. The maximum absolute atomic E-state index is 13.3. The van der Waals surface area contributed by atoms with Gasteiger partial charge in [0.25, 0.3) is 5.91 Å². The van der Waals surface area contributed by atoms with Gasteiger partial charge in [-0.1, -0.05) is 18.2 Å². The first-order chi connectivity index (χ1) is 17.2. The van der Waals surface area contributed by atoms with E-state index in [0.29, 0.717) is 43.4 Å². The van der Waals surface area contributed by atoms with Crippen molar-refractivity contribution in [1.29, 1.82) is 0 Å². The van der Waals surface area contributed by atoms with Crippen LogP contribution in [-0.4, -0.2) is 52.1 Å². The van der Waals surface area contributed by atoms with E-state index in [2.05, 4.69) is 9.97 Å². The average Bonchev–Trinajstić information content (AvgIpc) is 3.42. The lowest BCUT2D eigenvalue weighted by Crippen LogP contribution is -2.42. The summed E-state index contributed by atoms with van der Waals surface area (Å²) >= 11 is 0. The Balaban J connectivity index is 1.26. The summed E-state index contributed by atoms with van der Waals surface area (Å²) in [5.74, 6) is 1.86. The van der Waals surface area contributed by atoms with Crippen LogP contribution in [0.5, 0.6) is 17.4 Å². The van der Waals surface area contributed by atoms with Crippen molar-refractivity contribution >= 4 is 5.91 Å². The van der Waals surface area contributed by atoms with Gasteiger partial charge in [0.2, 0.25) is 5.88 Å². The zero-order chi connectivity index (χ0) is 24.0. The third-order valence-corrected chi connectivity index (χ3v) is 5.81. The summed E-state index contributed by atoms with van der Waals surface area (Å²) in [6.07, 6.45) is 5.08. The summed E-state index contributed by atoms with van der Waals surface area (Å²) in [4.78, 5) is 23.8. The predicted octanol–water partition coefficient (Wildman–Crippen LogP) is 4.34. The van der Waals surface area contributed by atoms with Crippen LogP contribution in [0.3, 0.4) is 0 Å². The molecule has 0 spiro atoms. The van der Waals surface area contributed by atoms with Gasteiger partial charge >= 0.3 is 0 Å². The molecule has 2 aromatic carbocycles. The van der Waals surface area contributed by atoms with Gasteiger partial charge in [0.15, 0.2) is 0 Å². The van der Waals surface area contributed by atoms with Gasteiger partial charge in [-0.3, -0.25) is 4.79 Å². The van der Waals surface area contributed by atoms with Gasteiger partial charge in [0.05, 0.1) is 32.3 Å². The zero-order valence-corrected chi connectivity index (χ0v) is 19.4. The number of nitrogens with zero attached hydrogens (tertiary/aromatic N) is 4. The minimum Gasteiger partial charge on any atom is -0.497 e. The van der Waals surface area contributed by atoms with Crippen LogP contribution in [-0.2, 0) is 11.3 Å². The molecule has 0 radical (unpaired) electrons. The number of ether oxygens (including phenoxy) is 3. The Kier molecular flexibility index (Phi) is 6.72. The first kappa shape index (κ1) is 22.6. The fourth-order valence-electron chi connectivity index (χ4n) is 4.02. The molecule has 1 fully saturated rings. The SMILES string of the molecule is COc1ccc(Oc2cccc(C3CN(C(=O)c4cccc(Cn5ccnc5)c4)CCO3)n2)cc1. The molecule has 3 heterocycles. The largest absolute Gasteiger partial charge is 0.497 e. The van der Waals surface area contributed by atoms with Gasteiger partial charge in [-0.25, -0.2) is 9.97 Å². The number of pyridine rings is 1. The van der Waals surface area contributed by atoms with E-state index < -0.39 is 0 Å². The number of rotatable bonds is 7. The van der Waals surface area contributed by atoms with Gasteiger partial charge in [-0.15, -0.1) is 0 Å². The molecule has 0 N–H and O–H groups in total. The third-order valence-electron chi connectivity index (χ3n) is 5.81. The second kappa shape index (κ2) is 10.4. The average molecular weight is 471 g/mol. The van der Waals surface area contributed by atoms with E-state index in [1.165, 1.54) is 0 Å². The molecule has 1 saturated heterocycles. The van der Waals surface area contributed by atoms with E-state index in [0.717, 1.165) is 17.0 Å². The molecule has 1 unspecified atom stereocenters. The van der Waals surface area contributed by atoms with Crippen molar-refractivity contribution in [1.82, 2.24) is 19.4 Å². The molecule has 35 heavy (non-hydrogen) atoms. The number of hydrogen-bond donors (Lipinski definition) is 0. The lowest BCUT2D eigenvalue weighted by molar-refractivity contribution is -0.0248. The fraction of sp³-hybridized carbons (Fsp3) is 0.222. The van der Waals surface area contributed by atoms with E-state index in [4.69, 9.17) is 14.2 Å². The van der Waals surface area contributed by atoms with E-state index >= 15 is 0 Å². The van der Waals surface area contributed by atoms with Crippen molar-refractivity contribution in [2.45, 2.75) is 12.6 Å². The van der Waals surface area contributed by atoms with Crippen LogP contribution in [0.2, 0.25) is 0 Å². The maximum atomic E-state index is 13.3. The van der Waals surface area contributed by atoms with Crippen LogP contribution in [0.4, 0.5) is 0 Å². The van der Waals surface area contributed by atoms with Crippen LogP contribution in [0, 0.1) is 0 Å². The summed E-state index contributed by atoms with van der Waals surface area (Å²) in [6.45, 7) is 2.06. The van der Waals surface area contributed by atoms with Gasteiger partial charge in [-0.05, 0) is 48.0 Å². The lowest BCUT2D eigenvalue weighted by Gasteiger charge is -2.33. The number of morpholine rings is 1. The molecular formula is C27H26N4O4. The summed E-state index contributed by atoms with van der Waals surface area (Å²) in [6, 6.07) is 20.6. The number of imidazole rings is 1. The van der Waals surface area contributed by atoms with E-state index in [1.807, 2.05) is 76.3 Å². The Morgan fingerprint density at radius 2 is 1.91 bits per heavy atom. The van der Waals surface area contributed by atoms with Crippen molar-refractivity contribution in [3.63, 3.8) is 0 Å². The smallest absolute Gasteiger partial charge is 0.254 e. The molecule has 0 aliphatic carbocycles. The molecule has 1 amide bonds. The van der Waals surface area contributed by atoms with Crippen LogP contribution in [0.1, 0.15) is 27.7 Å². The monoisotopic (exact) mass is 470 g/mol. The highest BCUT2D eigenvalue weighted by Crippen LogP contribution is 2.27. The molecule has 1 aliphatic heterocycles. The van der Waals surface area contributed by atoms with Crippen molar-refractivity contribution in [2.75, 3.05) is 26.8 Å². The summed E-state index contributed by atoms with van der Waals surface area (Å²) < 4.78 is 19.0. The lowest BCUT2D eigenvalue weighted by atomic mass is 10.1. The Labute approximate surface area is 203 Å². The van der Waals surface area contributed by atoms with Gasteiger partial charge in [0.1, 0.15) is 17.6 Å². The molecule has 8 heteroatoms. The first-order valence-corrected chi connectivity index (χ1v) is 11.4. The van der Waals surface area contributed by atoms with Crippen molar-refractivity contribution in [3.8, 4) is 17.4 Å². The molecular weight excluding hydrogens is 444 g/mol. The van der Waals surface area contributed by atoms with Crippen molar-refractivity contribution < 1.29 is 19.0 Å². The van der Waals surface area contributed by atoms with Gasteiger partial charge < -0.3 is 23.7 Å². The van der Waals surface area contributed by atoms with E-state index in [9.17, 15) is 4.79 Å². The number of methoxy groups -OCH3 is 1. The van der Waals surface area contributed by atoms with Crippen LogP contribution >= 0.6 is 0 Å². The van der Waals surface area contributed by atoms with E-state index in [-0.39, 0.29) is 12.0 Å². The molecule has 1 aliphatic rings. The Hall–Kier alpha value is -4.17. The number of carbonyl (C=O) groups is 1. The van der Waals surface area contributed by atoms with Crippen LogP contribution in [0.15, 0.2) is 85.5 Å². The fourth-order valence-corrected chi connectivity index (χ4v) is 4.02. The first-order valence-electron chi connectivity index (χ1n) is 11.4. The second-order valence-corrected chi connectivity index (χ2v) is 8.22. The highest BCUT2D eigenvalue weighted by atomic mass is 16.5. The number of hydrogen-bond acceptors (Lipinski definition) is 6. The standard InChI is InChI=1S/C27H26N4O4/c1-33-22-8-10-23(11-9-22)35-26-7-3-6-24(29-26)25-18-31(14-15-34-25)27(32)21-5-2-4-20(16-21)17-30-13-12-28-19-30/h2-13,16,19,25H,14-15,17-18H2,1H3. The van der Waals surface area contributed by atoms with Crippen molar-refractivity contribution in [2.24, 2.45) is 0 Å². The maximum Gasteiger partial charge on any atom is 0.254 e. The number of amides is 1. The molecule has 0 saturated carbocycles. The zero-order valence-electron chi connectivity index (χ0n) is 19.4.